The van der Waals surface area contributed by atoms with Crippen molar-refractivity contribution in [3.05, 3.63) is 34.1 Å². The molecule has 114 valence electrons. The van der Waals surface area contributed by atoms with Crippen molar-refractivity contribution in [3.63, 3.8) is 0 Å². The zero-order chi connectivity index (χ0) is 15.2. The smallest absolute Gasteiger partial charge is 0.195 e. The lowest BCUT2D eigenvalue weighted by Gasteiger charge is -2.08. The van der Waals surface area contributed by atoms with Crippen LogP contribution in [0, 0.1) is 6.92 Å². The van der Waals surface area contributed by atoms with Crippen molar-refractivity contribution in [3.8, 4) is 0 Å². The lowest BCUT2D eigenvalue weighted by atomic mass is 10.2. The largest absolute Gasteiger partial charge is 0.383 e. The van der Waals surface area contributed by atoms with Gasteiger partial charge in [0.05, 0.1) is 6.61 Å². The summed E-state index contributed by atoms with van der Waals surface area (Å²) in [6.07, 6.45) is 0. The number of aromatic nitrogens is 3. The highest BCUT2D eigenvalue weighted by molar-refractivity contribution is 9.10. The molecule has 1 heterocycles. The van der Waals surface area contributed by atoms with Crippen LogP contribution >= 0.6 is 27.7 Å². The Hall–Kier alpha value is -0.890. The fourth-order valence-corrected chi connectivity index (χ4v) is 3.26. The van der Waals surface area contributed by atoms with Gasteiger partial charge in [-0.05, 0) is 36.4 Å². The Kier molecular flexibility index (Phi) is 6.22. The Labute approximate surface area is 137 Å². The molecule has 0 fully saturated rings. The van der Waals surface area contributed by atoms with E-state index in [0.29, 0.717) is 0 Å². The van der Waals surface area contributed by atoms with E-state index >= 15 is 0 Å². The molecule has 0 saturated carbocycles. The van der Waals surface area contributed by atoms with Gasteiger partial charge in [-0.2, -0.15) is 0 Å². The molecule has 0 aliphatic rings. The van der Waals surface area contributed by atoms with E-state index < -0.39 is 0 Å². The molecule has 0 atom stereocenters. The van der Waals surface area contributed by atoms with E-state index in [0.717, 1.165) is 40.0 Å². The van der Waals surface area contributed by atoms with Crippen molar-refractivity contribution in [2.24, 2.45) is 7.05 Å². The highest BCUT2D eigenvalue weighted by atomic mass is 79.9. The van der Waals surface area contributed by atoms with Gasteiger partial charge in [0.1, 0.15) is 5.82 Å². The van der Waals surface area contributed by atoms with E-state index in [9.17, 15) is 0 Å². The predicted octanol–water partition coefficient (Wildman–Crippen LogP) is 2.77. The summed E-state index contributed by atoms with van der Waals surface area (Å²) in [5.41, 5.74) is 1.23. The first-order valence-electron chi connectivity index (χ1n) is 6.63. The second-order valence-corrected chi connectivity index (χ2v) is 6.51. The number of ether oxygens (including phenoxy) is 1. The first-order valence-corrected chi connectivity index (χ1v) is 8.24. The molecule has 0 spiro atoms. The van der Waals surface area contributed by atoms with Crippen molar-refractivity contribution in [1.82, 2.24) is 20.1 Å². The van der Waals surface area contributed by atoms with Gasteiger partial charge in [0.15, 0.2) is 5.16 Å². The Morgan fingerprint density at radius 2 is 2.19 bits per heavy atom. The third-order valence-corrected chi connectivity index (χ3v) is 4.85. The fourth-order valence-electron chi connectivity index (χ4n) is 1.71. The SMILES string of the molecule is COCCNCc1ccc(Sc2nnc(C)n2C)cc1Br. The maximum absolute atomic E-state index is 5.02. The minimum Gasteiger partial charge on any atom is -0.383 e. The number of nitrogens with zero attached hydrogens (tertiary/aromatic N) is 3. The molecule has 0 saturated heterocycles. The van der Waals surface area contributed by atoms with Gasteiger partial charge in [0.25, 0.3) is 0 Å². The molecule has 0 bridgehead atoms. The monoisotopic (exact) mass is 370 g/mol. The number of methoxy groups -OCH3 is 1. The maximum Gasteiger partial charge on any atom is 0.195 e. The molecule has 0 unspecified atom stereocenters. The molecule has 1 aromatic heterocycles. The second kappa shape index (κ2) is 7.93. The zero-order valence-corrected chi connectivity index (χ0v) is 14.8. The molecule has 21 heavy (non-hydrogen) atoms. The van der Waals surface area contributed by atoms with E-state index in [2.05, 4.69) is 49.6 Å². The van der Waals surface area contributed by atoms with Crippen LogP contribution in [0.15, 0.2) is 32.7 Å². The Bertz CT molecular complexity index is 603. The molecule has 1 N–H and O–H groups in total. The summed E-state index contributed by atoms with van der Waals surface area (Å²) in [6.45, 7) is 4.33. The average molecular weight is 371 g/mol. The Morgan fingerprint density at radius 3 is 2.81 bits per heavy atom. The minimum absolute atomic E-state index is 0.719. The summed E-state index contributed by atoms with van der Waals surface area (Å²) in [4.78, 5) is 1.14. The predicted molar refractivity (Wildman–Crippen MR) is 87.6 cm³/mol. The molecule has 0 amide bonds. The highest BCUT2D eigenvalue weighted by Crippen LogP contribution is 2.29. The molecule has 0 aliphatic carbocycles. The van der Waals surface area contributed by atoms with Gasteiger partial charge in [-0.3, -0.25) is 0 Å². The van der Waals surface area contributed by atoms with Crippen LogP contribution in [0.4, 0.5) is 0 Å². The van der Waals surface area contributed by atoms with E-state index in [1.54, 1.807) is 18.9 Å². The van der Waals surface area contributed by atoms with Gasteiger partial charge in [-0.1, -0.05) is 22.0 Å². The summed E-state index contributed by atoms with van der Waals surface area (Å²) in [5.74, 6) is 0.913. The maximum atomic E-state index is 5.02. The fraction of sp³-hybridized carbons (Fsp3) is 0.429. The molecule has 5 nitrogen and oxygen atoms in total. The van der Waals surface area contributed by atoms with Crippen LogP contribution in [0.3, 0.4) is 0 Å². The number of rotatable bonds is 7. The summed E-state index contributed by atoms with van der Waals surface area (Å²) in [5, 5.41) is 12.5. The normalized spacial score (nSPS) is 11.0. The van der Waals surface area contributed by atoms with E-state index in [-0.39, 0.29) is 0 Å². The number of hydrogen-bond acceptors (Lipinski definition) is 5. The lowest BCUT2D eigenvalue weighted by molar-refractivity contribution is 0.199. The van der Waals surface area contributed by atoms with Gasteiger partial charge >= 0.3 is 0 Å². The van der Waals surface area contributed by atoms with Crippen LogP contribution in [-0.2, 0) is 18.3 Å². The highest BCUT2D eigenvalue weighted by Gasteiger charge is 2.08. The molecule has 1 aromatic carbocycles. The van der Waals surface area contributed by atoms with Gasteiger partial charge in [-0.25, -0.2) is 0 Å². The number of nitrogens with one attached hydrogen (secondary N) is 1. The first-order chi connectivity index (χ1) is 10.1. The summed E-state index contributed by atoms with van der Waals surface area (Å²) < 4.78 is 8.09. The van der Waals surface area contributed by atoms with Crippen LogP contribution in [0.2, 0.25) is 0 Å². The van der Waals surface area contributed by atoms with Crippen LogP contribution in [0.1, 0.15) is 11.4 Å². The van der Waals surface area contributed by atoms with Gasteiger partial charge in [-0.15, -0.1) is 10.2 Å². The zero-order valence-electron chi connectivity index (χ0n) is 12.4. The topological polar surface area (TPSA) is 52.0 Å². The average Bonchev–Trinajstić information content (AvgIpc) is 2.77. The third-order valence-electron chi connectivity index (χ3n) is 3.08. The number of aryl methyl sites for hydroxylation is 1. The minimum atomic E-state index is 0.719. The quantitative estimate of drug-likeness (QED) is 0.759. The van der Waals surface area contributed by atoms with E-state index in [4.69, 9.17) is 4.74 Å². The molecule has 7 heteroatoms. The Balaban J connectivity index is 2.00. The summed E-state index contributed by atoms with van der Waals surface area (Å²) in [7, 11) is 3.68. The molecule has 0 radical (unpaired) electrons. The van der Waals surface area contributed by atoms with Crippen molar-refractivity contribution < 1.29 is 4.74 Å². The summed E-state index contributed by atoms with van der Waals surface area (Å²) >= 11 is 5.23. The number of halogens is 1. The third kappa shape index (κ3) is 4.54. The lowest BCUT2D eigenvalue weighted by Crippen LogP contribution is -2.18. The molecule has 0 aliphatic heterocycles. The van der Waals surface area contributed by atoms with E-state index in [1.807, 2.05) is 18.5 Å². The van der Waals surface area contributed by atoms with Crippen LogP contribution in [-0.4, -0.2) is 35.0 Å². The van der Waals surface area contributed by atoms with Crippen molar-refractivity contribution >= 4 is 27.7 Å². The standard InChI is InChI=1S/C14H19BrN4OS/c1-10-17-18-14(19(10)2)21-12-5-4-11(13(15)8-12)9-16-6-7-20-3/h4-5,8,16H,6-7,9H2,1-3H3. The molecular weight excluding hydrogens is 352 g/mol. The number of benzene rings is 1. The van der Waals surface area contributed by atoms with Gasteiger partial charge in [0, 0.05) is 36.6 Å². The second-order valence-electron chi connectivity index (χ2n) is 4.61. The van der Waals surface area contributed by atoms with E-state index in [1.165, 1.54) is 5.56 Å². The van der Waals surface area contributed by atoms with Gasteiger partial charge in [0.2, 0.25) is 0 Å². The van der Waals surface area contributed by atoms with Gasteiger partial charge < -0.3 is 14.6 Å². The summed E-state index contributed by atoms with van der Waals surface area (Å²) in [6, 6.07) is 6.34. The first kappa shape index (κ1) is 16.5. The van der Waals surface area contributed by atoms with Crippen LogP contribution < -0.4 is 5.32 Å². The Morgan fingerprint density at radius 1 is 1.38 bits per heavy atom. The van der Waals surface area contributed by atoms with Crippen molar-refractivity contribution in [2.75, 3.05) is 20.3 Å². The van der Waals surface area contributed by atoms with Crippen molar-refractivity contribution in [2.45, 2.75) is 23.5 Å². The molecule has 2 aromatic rings. The molecule has 2 rings (SSSR count). The number of hydrogen-bond donors (Lipinski definition) is 1. The molecular formula is C14H19BrN4OS. The van der Waals surface area contributed by atoms with Crippen LogP contribution in [0.5, 0.6) is 0 Å². The van der Waals surface area contributed by atoms with Crippen molar-refractivity contribution in [1.29, 1.82) is 0 Å². The van der Waals surface area contributed by atoms with Crippen LogP contribution in [0.25, 0.3) is 0 Å².